The van der Waals surface area contributed by atoms with E-state index in [9.17, 15) is 0 Å². The molecule has 0 spiro atoms. The van der Waals surface area contributed by atoms with E-state index in [1.807, 2.05) is 25.0 Å². The van der Waals surface area contributed by atoms with Crippen LogP contribution >= 0.6 is 24.0 Å². The number of aromatic nitrogens is 2. The van der Waals surface area contributed by atoms with Crippen molar-refractivity contribution in [3.63, 3.8) is 0 Å². The molecule has 1 N–H and O–H groups in total. The Morgan fingerprint density at radius 1 is 1.42 bits per heavy atom. The summed E-state index contributed by atoms with van der Waals surface area (Å²) in [5.74, 6) is 1.56. The van der Waals surface area contributed by atoms with Crippen molar-refractivity contribution in [2.75, 3.05) is 39.9 Å². The smallest absolute Gasteiger partial charge is 0.193 e. The van der Waals surface area contributed by atoms with E-state index in [-0.39, 0.29) is 24.0 Å². The third-order valence-corrected chi connectivity index (χ3v) is 4.29. The summed E-state index contributed by atoms with van der Waals surface area (Å²) < 4.78 is 7.47. The second kappa shape index (κ2) is 11.7. The van der Waals surface area contributed by atoms with E-state index >= 15 is 0 Å². The average Bonchev–Trinajstić information content (AvgIpc) is 3.19. The molecule has 0 aliphatic carbocycles. The fourth-order valence-corrected chi connectivity index (χ4v) is 2.93. The lowest BCUT2D eigenvalue weighted by atomic mass is 10.0. The average molecular weight is 449 g/mol. The first-order valence-electron chi connectivity index (χ1n) is 8.76. The number of nitrogens with one attached hydrogen (secondary N) is 1. The highest BCUT2D eigenvalue weighted by Crippen LogP contribution is 2.26. The fourth-order valence-electron chi connectivity index (χ4n) is 2.93. The molecule has 0 aromatic carbocycles. The second-order valence-corrected chi connectivity index (χ2v) is 6.17. The van der Waals surface area contributed by atoms with Gasteiger partial charge in [0.05, 0.1) is 6.20 Å². The Hall–Kier alpha value is -0.830. The van der Waals surface area contributed by atoms with Gasteiger partial charge in [0.15, 0.2) is 5.96 Å². The van der Waals surface area contributed by atoms with E-state index in [4.69, 9.17) is 4.74 Å². The van der Waals surface area contributed by atoms with Crippen LogP contribution in [0.3, 0.4) is 0 Å². The highest BCUT2D eigenvalue weighted by molar-refractivity contribution is 14.0. The quantitative estimate of drug-likeness (QED) is 0.287. The molecular weight excluding hydrogens is 417 g/mol. The molecule has 0 saturated carbocycles. The van der Waals surface area contributed by atoms with Crippen molar-refractivity contribution in [1.82, 2.24) is 20.0 Å². The van der Waals surface area contributed by atoms with Crippen LogP contribution in [0.15, 0.2) is 17.4 Å². The number of guanidine groups is 1. The molecule has 0 radical (unpaired) electrons. The van der Waals surface area contributed by atoms with Gasteiger partial charge in [-0.2, -0.15) is 5.10 Å². The van der Waals surface area contributed by atoms with E-state index in [1.165, 1.54) is 12.0 Å². The maximum absolute atomic E-state index is 5.59. The molecule has 1 aromatic rings. The summed E-state index contributed by atoms with van der Waals surface area (Å²) >= 11 is 0. The van der Waals surface area contributed by atoms with Gasteiger partial charge in [-0.05, 0) is 24.8 Å². The predicted octanol–water partition coefficient (Wildman–Crippen LogP) is 2.61. The molecule has 1 aromatic heterocycles. The van der Waals surface area contributed by atoms with Crippen molar-refractivity contribution >= 4 is 29.9 Å². The minimum atomic E-state index is 0. The molecule has 1 fully saturated rings. The third-order valence-electron chi connectivity index (χ3n) is 4.29. The van der Waals surface area contributed by atoms with E-state index in [0.717, 1.165) is 58.1 Å². The number of ether oxygens (including phenoxy) is 1. The van der Waals surface area contributed by atoms with Gasteiger partial charge >= 0.3 is 0 Å². The minimum absolute atomic E-state index is 0. The lowest BCUT2D eigenvalue weighted by Gasteiger charge is -2.21. The van der Waals surface area contributed by atoms with Crippen LogP contribution in [-0.4, -0.2) is 60.5 Å². The second-order valence-electron chi connectivity index (χ2n) is 6.17. The van der Waals surface area contributed by atoms with Crippen LogP contribution in [0.5, 0.6) is 0 Å². The Balaban J connectivity index is 0.00000288. The van der Waals surface area contributed by atoms with Crippen molar-refractivity contribution in [2.24, 2.45) is 12.0 Å². The van der Waals surface area contributed by atoms with Crippen molar-refractivity contribution in [1.29, 1.82) is 0 Å². The number of aryl methyl sites for hydroxylation is 1. The topological polar surface area (TPSA) is 54.7 Å². The van der Waals surface area contributed by atoms with Crippen LogP contribution in [0.2, 0.25) is 0 Å². The number of hydrogen-bond acceptors (Lipinski definition) is 3. The van der Waals surface area contributed by atoms with Crippen LogP contribution in [0.1, 0.15) is 44.1 Å². The molecule has 1 aliphatic heterocycles. The zero-order chi connectivity index (χ0) is 16.5. The number of likely N-dealkylation sites (tertiary alicyclic amines) is 1. The van der Waals surface area contributed by atoms with E-state index in [2.05, 4.69) is 33.4 Å². The van der Waals surface area contributed by atoms with Crippen molar-refractivity contribution < 1.29 is 4.74 Å². The van der Waals surface area contributed by atoms with Crippen LogP contribution in [0.25, 0.3) is 0 Å². The summed E-state index contributed by atoms with van der Waals surface area (Å²) in [5, 5.41) is 7.74. The molecule has 0 bridgehead atoms. The summed E-state index contributed by atoms with van der Waals surface area (Å²) in [4.78, 5) is 6.76. The molecule has 1 unspecified atom stereocenters. The standard InChI is InChI=1S/C17H31N5O.HI/c1-4-5-10-23-11-6-8-19-17(18-2)22-9-7-15(14-22)16-12-20-21(3)13-16;/h12-13,15H,4-11,14H2,1-3H3,(H,18,19);1H. The Morgan fingerprint density at radius 3 is 2.88 bits per heavy atom. The molecule has 2 heterocycles. The molecule has 1 aliphatic rings. The first-order valence-corrected chi connectivity index (χ1v) is 8.76. The lowest BCUT2D eigenvalue weighted by molar-refractivity contribution is 0.129. The summed E-state index contributed by atoms with van der Waals surface area (Å²) in [6, 6.07) is 0. The van der Waals surface area contributed by atoms with Gasteiger partial charge < -0.3 is 15.0 Å². The number of halogens is 1. The van der Waals surface area contributed by atoms with Crippen LogP contribution < -0.4 is 5.32 Å². The van der Waals surface area contributed by atoms with Gasteiger partial charge in [0.1, 0.15) is 0 Å². The van der Waals surface area contributed by atoms with Gasteiger partial charge in [0, 0.05) is 59.1 Å². The largest absolute Gasteiger partial charge is 0.381 e. The van der Waals surface area contributed by atoms with Gasteiger partial charge in [-0.3, -0.25) is 9.67 Å². The normalized spacial score (nSPS) is 17.9. The molecule has 6 nitrogen and oxygen atoms in total. The molecule has 0 amide bonds. The molecule has 1 atom stereocenters. The highest BCUT2D eigenvalue weighted by Gasteiger charge is 2.26. The van der Waals surface area contributed by atoms with Gasteiger partial charge in [-0.15, -0.1) is 24.0 Å². The highest BCUT2D eigenvalue weighted by atomic mass is 127. The molecular formula is C17H32IN5O. The van der Waals surface area contributed by atoms with Crippen molar-refractivity contribution in [3.05, 3.63) is 18.0 Å². The Bertz CT molecular complexity index is 491. The Morgan fingerprint density at radius 2 is 2.21 bits per heavy atom. The zero-order valence-electron chi connectivity index (χ0n) is 15.2. The fraction of sp³-hybridized carbons (Fsp3) is 0.765. The van der Waals surface area contributed by atoms with Gasteiger partial charge in [-0.25, -0.2) is 0 Å². The molecule has 2 rings (SSSR count). The third kappa shape index (κ3) is 6.58. The predicted molar refractivity (Wildman–Crippen MR) is 109 cm³/mol. The SMILES string of the molecule is CCCCOCCCNC(=NC)N1CCC(c2cnn(C)c2)C1.I. The number of rotatable bonds is 8. The monoisotopic (exact) mass is 449 g/mol. The molecule has 24 heavy (non-hydrogen) atoms. The van der Waals surface area contributed by atoms with Crippen molar-refractivity contribution in [3.8, 4) is 0 Å². The molecule has 7 heteroatoms. The first kappa shape index (κ1) is 21.2. The minimum Gasteiger partial charge on any atom is -0.381 e. The Labute approximate surface area is 163 Å². The summed E-state index contributed by atoms with van der Waals surface area (Å²) in [7, 11) is 3.83. The van der Waals surface area contributed by atoms with Crippen LogP contribution in [0, 0.1) is 0 Å². The summed E-state index contributed by atoms with van der Waals surface area (Å²) in [5.41, 5.74) is 1.33. The van der Waals surface area contributed by atoms with Gasteiger partial charge in [0.2, 0.25) is 0 Å². The van der Waals surface area contributed by atoms with Crippen molar-refractivity contribution in [2.45, 2.75) is 38.5 Å². The molecule has 1 saturated heterocycles. The summed E-state index contributed by atoms with van der Waals surface area (Å²) in [6.45, 7) is 6.85. The maximum Gasteiger partial charge on any atom is 0.193 e. The van der Waals surface area contributed by atoms with E-state index < -0.39 is 0 Å². The summed E-state index contributed by atoms with van der Waals surface area (Å²) in [6.07, 6.45) is 8.63. The van der Waals surface area contributed by atoms with Gasteiger partial charge in [-0.1, -0.05) is 13.3 Å². The van der Waals surface area contributed by atoms with Gasteiger partial charge in [0.25, 0.3) is 0 Å². The maximum atomic E-state index is 5.59. The number of aliphatic imine (C=N–C) groups is 1. The molecule has 138 valence electrons. The first-order chi connectivity index (χ1) is 11.2. The van der Waals surface area contributed by atoms with E-state index in [0.29, 0.717) is 5.92 Å². The zero-order valence-corrected chi connectivity index (χ0v) is 17.5. The number of nitrogens with zero attached hydrogens (tertiary/aromatic N) is 4. The number of unbranched alkanes of at least 4 members (excludes halogenated alkanes) is 1. The lowest BCUT2D eigenvalue weighted by Crippen LogP contribution is -2.40. The van der Waals surface area contributed by atoms with E-state index in [1.54, 1.807) is 0 Å². The Kier molecular flexibility index (Phi) is 10.3. The van der Waals surface area contributed by atoms with Crippen LogP contribution in [0.4, 0.5) is 0 Å². The number of hydrogen-bond donors (Lipinski definition) is 1. The van der Waals surface area contributed by atoms with Crippen LogP contribution in [-0.2, 0) is 11.8 Å².